The zero-order chi connectivity index (χ0) is 44.6. The number of hydrogen-bond acceptors (Lipinski definition) is 13. The molecule has 0 saturated carbocycles. The number of aromatic nitrogens is 7. The molecule has 2 saturated heterocycles. The van der Waals surface area contributed by atoms with E-state index in [1.807, 2.05) is 75.7 Å². The maximum Gasteiger partial charge on any atom is 0.243 e. The number of carbonyl (C=O) groups excluding carboxylic acids is 2. The molecular weight excluding hydrogens is 829 g/mol. The molecule has 330 valence electrons. The zero-order valence-corrected chi connectivity index (χ0v) is 37.4. The second kappa shape index (κ2) is 17.9. The van der Waals surface area contributed by atoms with Crippen LogP contribution in [0, 0.1) is 12.8 Å². The van der Waals surface area contributed by atoms with E-state index in [0.717, 1.165) is 65.2 Å². The Bertz CT molecular complexity index is 2780. The van der Waals surface area contributed by atoms with Gasteiger partial charge in [-0.15, -0.1) is 21.5 Å². The summed E-state index contributed by atoms with van der Waals surface area (Å²) in [6, 6.07) is 20.0. The van der Waals surface area contributed by atoms with Gasteiger partial charge in [0.15, 0.2) is 0 Å². The SMILES string of the molecule is CCn1c(C2CCN(c3ncc(-c4cc([C@@H](C(=O)N5C[C@H](O)C[C@H]5C(=O)N[C@@H](C)c5ccc(-c6scnc6C)cc5)C(C)C)on4)cn3)CC2)cc2nnc(-c3ccccc3O)cc21. The number of aromatic hydroxyl groups is 1. The molecule has 2 amide bonds. The quantitative estimate of drug-likeness (QED) is 0.109. The molecule has 9 rings (SSSR count). The molecule has 7 heterocycles. The Labute approximate surface area is 375 Å². The molecule has 16 heteroatoms. The van der Waals surface area contributed by atoms with Gasteiger partial charge in [-0.2, -0.15) is 0 Å². The first kappa shape index (κ1) is 42.8. The number of aliphatic hydroxyl groups excluding tert-OH is 1. The number of hydrogen-bond donors (Lipinski definition) is 3. The third-order valence-electron chi connectivity index (χ3n) is 12.7. The lowest BCUT2D eigenvalue weighted by Gasteiger charge is -2.32. The molecular formula is C48H52N10O5S. The summed E-state index contributed by atoms with van der Waals surface area (Å²) < 4.78 is 8.14. The van der Waals surface area contributed by atoms with Crippen molar-refractivity contribution in [2.24, 2.45) is 5.92 Å². The maximum atomic E-state index is 14.3. The number of rotatable bonds is 12. The van der Waals surface area contributed by atoms with Gasteiger partial charge in [-0.25, -0.2) is 15.0 Å². The van der Waals surface area contributed by atoms with Gasteiger partial charge in [0.25, 0.3) is 0 Å². The predicted molar refractivity (Wildman–Crippen MR) is 245 cm³/mol. The number of piperidine rings is 1. The Morgan fingerprint density at radius 2 is 1.69 bits per heavy atom. The van der Waals surface area contributed by atoms with Crippen molar-refractivity contribution in [3.63, 3.8) is 0 Å². The summed E-state index contributed by atoms with van der Waals surface area (Å²) in [4.78, 5) is 46.7. The number of benzene rings is 2. The summed E-state index contributed by atoms with van der Waals surface area (Å²) in [5, 5.41) is 37.5. The van der Waals surface area contributed by atoms with E-state index in [-0.39, 0.29) is 42.5 Å². The average Bonchev–Trinajstić information content (AvgIpc) is 4.13. The number of amides is 2. The Morgan fingerprint density at radius 3 is 2.38 bits per heavy atom. The van der Waals surface area contributed by atoms with E-state index < -0.39 is 18.1 Å². The van der Waals surface area contributed by atoms with E-state index >= 15 is 0 Å². The number of nitrogens with one attached hydrogen (secondary N) is 1. The van der Waals surface area contributed by atoms with Crippen molar-refractivity contribution in [2.45, 2.75) is 90.4 Å². The van der Waals surface area contributed by atoms with Crippen molar-refractivity contribution in [1.82, 2.24) is 45.1 Å². The van der Waals surface area contributed by atoms with Gasteiger partial charge < -0.3 is 34.4 Å². The minimum Gasteiger partial charge on any atom is -0.507 e. The van der Waals surface area contributed by atoms with Crippen LogP contribution in [0.3, 0.4) is 0 Å². The van der Waals surface area contributed by atoms with Gasteiger partial charge in [0.1, 0.15) is 34.7 Å². The van der Waals surface area contributed by atoms with E-state index in [0.29, 0.717) is 40.1 Å². The van der Waals surface area contributed by atoms with Crippen LogP contribution < -0.4 is 10.2 Å². The highest BCUT2D eigenvalue weighted by Crippen LogP contribution is 2.37. The first-order chi connectivity index (χ1) is 31.0. The summed E-state index contributed by atoms with van der Waals surface area (Å²) in [7, 11) is 0. The molecule has 0 unspecified atom stereocenters. The van der Waals surface area contributed by atoms with Crippen LogP contribution in [0.15, 0.2) is 89.2 Å². The number of phenols is 1. The highest BCUT2D eigenvalue weighted by molar-refractivity contribution is 7.13. The minimum atomic E-state index is -0.839. The van der Waals surface area contributed by atoms with Crippen LogP contribution in [-0.2, 0) is 16.1 Å². The number of anilines is 1. The topological polar surface area (TPSA) is 189 Å². The lowest BCUT2D eigenvalue weighted by Crippen LogP contribution is -2.48. The summed E-state index contributed by atoms with van der Waals surface area (Å²) in [6.07, 6.45) is 4.59. The molecule has 5 aromatic heterocycles. The number of phenolic OH excluding ortho intramolecular Hbond substituents is 1. The number of para-hydroxylation sites is 1. The average molecular weight is 881 g/mol. The zero-order valence-electron chi connectivity index (χ0n) is 36.5. The van der Waals surface area contributed by atoms with Crippen LogP contribution in [0.25, 0.3) is 44.0 Å². The molecule has 15 nitrogen and oxygen atoms in total. The third kappa shape index (κ3) is 8.34. The van der Waals surface area contributed by atoms with Crippen LogP contribution in [0.1, 0.15) is 87.5 Å². The summed E-state index contributed by atoms with van der Waals surface area (Å²) in [5.74, 6) is -0.0452. The number of nitrogens with zero attached hydrogens (tertiary/aromatic N) is 9. The number of aryl methyl sites for hydroxylation is 2. The fraction of sp³-hybridized carbons (Fsp3) is 0.375. The molecule has 0 radical (unpaired) electrons. The minimum absolute atomic E-state index is 0.0451. The highest BCUT2D eigenvalue weighted by Gasteiger charge is 2.43. The van der Waals surface area contributed by atoms with Gasteiger partial charge in [-0.1, -0.05) is 55.4 Å². The second-order valence-electron chi connectivity index (χ2n) is 17.2. The van der Waals surface area contributed by atoms with Crippen LogP contribution in [0.5, 0.6) is 5.75 Å². The number of aliphatic hydroxyl groups is 1. The molecule has 2 aliphatic rings. The van der Waals surface area contributed by atoms with Crippen LogP contribution in [0.2, 0.25) is 0 Å². The van der Waals surface area contributed by atoms with E-state index in [9.17, 15) is 19.8 Å². The van der Waals surface area contributed by atoms with Crippen molar-refractivity contribution < 1.29 is 24.3 Å². The molecule has 2 aliphatic heterocycles. The Morgan fingerprint density at radius 1 is 0.938 bits per heavy atom. The van der Waals surface area contributed by atoms with Gasteiger partial charge in [0.05, 0.1) is 39.4 Å². The number of β-amino-alcohol motifs (C(OH)–C–C–N with tert-alkyl or cyclic N) is 1. The standard InChI is InChI=1S/C48H52N10O5S/c1-6-57-39(21-38-40(57)20-37(53-54-38)35-9-7-8-10-42(35)60)31-15-17-56(18-16-31)48-49-23-33(24-50-48)36-22-43(63-55-36)44(27(2)3)47(62)58-25-34(59)19-41(58)46(61)52-28(4)30-11-13-32(14-12-30)45-29(5)51-26-64-45/h7-14,20-24,26-28,31,34,41,44,59-60H,6,15-19,25H2,1-5H3,(H,52,61)/t28-,34+,41-,44-/m0/s1. The van der Waals surface area contributed by atoms with Gasteiger partial charge >= 0.3 is 0 Å². The Kier molecular flexibility index (Phi) is 12.0. The molecule has 2 fully saturated rings. The van der Waals surface area contributed by atoms with Gasteiger partial charge in [0, 0.05) is 73.8 Å². The largest absolute Gasteiger partial charge is 0.507 e. The monoisotopic (exact) mass is 880 g/mol. The number of thiazole rings is 1. The predicted octanol–water partition coefficient (Wildman–Crippen LogP) is 7.66. The molecule has 0 spiro atoms. The Hall–Kier alpha value is -6.52. The molecule has 0 bridgehead atoms. The maximum absolute atomic E-state index is 14.3. The molecule has 2 aromatic carbocycles. The van der Waals surface area contributed by atoms with Crippen molar-refractivity contribution in [3.05, 3.63) is 107 Å². The lowest BCUT2D eigenvalue weighted by molar-refractivity contribution is -0.141. The number of fused-ring (bicyclic) bond motifs is 1. The first-order valence-corrected chi connectivity index (χ1v) is 22.8. The van der Waals surface area contributed by atoms with E-state index in [1.165, 1.54) is 10.6 Å². The third-order valence-corrected chi connectivity index (χ3v) is 13.7. The number of carbonyl (C=O) groups is 2. The molecule has 64 heavy (non-hydrogen) atoms. The molecule has 7 aromatic rings. The smallest absolute Gasteiger partial charge is 0.243 e. The molecule has 4 atom stereocenters. The summed E-state index contributed by atoms with van der Waals surface area (Å²) in [5.41, 5.74) is 10.3. The lowest BCUT2D eigenvalue weighted by atomic mass is 9.91. The summed E-state index contributed by atoms with van der Waals surface area (Å²) in [6.45, 7) is 12.3. The normalized spacial score (nSPS) is 17.9. The van der Waals surface area contributed by atoms with Crippen molar-refractivity contribution in [2.75, 3.05) is 24.5 Å². The van der Waals surface area contributed by atoms with Gasteiger partial charge in [0.2, 0.25) is 17.8 Å². The van der Waals surface area contributed by atoms with Gasteiger partial charge in [-0.05, 0) is 74.9 Å². The fourth-order valence-electron chi connectivity index (χ4n) is 9.26. The Balaban J connectivity index is 0.837. The van der Waals surface area contributed by atoms with E-state index in [2.05, 4.69) is 48.1 Å². The van der Waals surface area contributed by atoms with Crippen molar-refractivity contribution in [1.29, 1.82) is 0 Å². The van der Waals surface area contributed by atoms with Crippen LogP contribution >= 0.6 is 11.3 Å². The second-order valence-corrected chi connectivity index (χ2v) is 18.1. The van der Waals surface area contributed by atoms with E-state index in [4.69, 9.17) is 14.5 Å². The molecule has 3 N–H and O–H groups in total. The first-order valence-electron chi connectivity index (χ1n) is 22.0. The van der Waals surface area contributed by atoms with Crippen LogP contribution in [0.4, 0.5) is 5.95 Å². The van der Waals surface area contributed by atoms with Crippen molar-refractivity contribution in [3.8, 4) is 38.7 Å². The molecule has 0 aliphatic carbocycles. The van der Waals surface area contributed by atoms with Crippen LogP contribution in [-0.4, -0.2) is 93.6 Å². The van der Waals surface area contributed by atoms with E-state index in [1.54, 1.807) is 41.9 Å². The highest BCUT2D eigenvalue weighted by atomic mass is 32.1. The van der Waals surface area contributed by atoms with Crippen molar-refractivity contribution >= 4 is 40.1 Å². The fourth-order valence-corrected chi connectivity index (χ4v) is 10.1. The van der Waals surface area contributed by atoms with Gasteiger partial charge in [-0.3, -0.25) is 9.59 Å². The summed E-state index contributed by atoms with van der Waals surface area (Å²) >= 11 is 1.59. The number of likely N-dealkylation sites (tertiary alicyclic amines) is 1.